The molecule has 0 bridgehead atoms. The Kier molecular flexibility index (Phi) is 4.22. The molecule has 2 rings (SSSR count). The summed E-state index contributed by atoms with van der Waals surface area (Å²) in [5.74, 6) is 1.17. The Balaban J connectivity index is 1.93. The van der Waals surface area contributed by atoms with Crippen molar-refractivity contribution in [2.75, 3.05) is 20.1 Å². The number of hydrogen-bond donors (Lipinski definition) is 1. The molecule has 16 heavy (non-hydrogen) atoms. The lowest BCUT2D eigenvalue weighted by Gasteiger charge is -2.44. The van der Waals surface area contributed by atoms with Crippen LogP contribution in [-0.2, 0) is 4.79 Å². The number of hydrogen-bond acceptors (Lipinski definition) is 2. The molecule has 0 unspecified atom stereocenters. The highest BCUT2D eigenvalue weighted by atomic mass is 16.2. The van der Waals surface area contributed by atoms with E-state index < -0.39 is 0 Å². The minimum atomic E-state index is 0.367. The van der Waals surface area contributed by atoms with E-state index in [9.17, 15) is 4.79 Å². The van der Waals surface area contributed by atoms with Crippen molar-refractivity contribution >= 4 is 5.91 Å². The molecule has 0 aromatic heterocycles. The standard InChI is InChI=1S/C13H24N2O/c1-14-9-8-13(16)15-10-4-6-11-5-2-3-7-12(11)15/h11-12,14H,2-10H2,1H3/t11-,12-/m1/s1. The Labute approximate surface area is 98.6 Å². The van der Waals surface area contributed by atoms with E-state index in [1.165, 1.54) is 38.5 Å². The number of piperidine rings is 1. The average molecular weight is 224 g/mol. The molecule has 2 aliphatic rings. The second-order valence-corrected chi connectivity index (χ2v) is 5.19. The number of carbonyl (C=O) groups is 1. The molecule has 3 nitrogen and oxygen atoms in total. The van der Waals surface area contributed by atoms with Gasteiger partial charge >= 0.3 is 0 Å². The van der Waals surface area contributed by atoms with Crippen LogP contribution in [0.4, 0.5) is 0 Å². The van der Waals surface area contributed by atoms with E-state index in [-0.39, 0.29) is 0 Å². The topological polar surface area (TPSA) is 32.3 Å². The number of nitrogens with one attached hydrogen (secondary N) is 1. The van der Waals surface area contributed by atoms with Crippen molar-refractivity contribution in [3.05, 3.63) is 0 Å². The normalized spacial score (nSPS) is 29.9. The molecule has 1 aliphatic heterocycles. The third kappa shape index (κ3) is 2.57. The van der Waals surface area contributed by atoms with Crippen LogP contribution in [0.2, 0.25) is 0 Å². The average Bonchev–Trinajstić information content (AvgIpc) is 2.35. The summed E-state index contributed by atoms with van der Waals surface area (Å²) < 4.78 is 0. The quantitative estimate of drug-likeness (QED) is 0.792. The van der Waals surface area contributed by atoms with Gasteiger partial charge in [-0.15, -0.1) is 0 Å². The van der Waals surface area contributed by atoms with Crippen LogP contribution in [-0.4, -0.2) is 37.0 Å². The minimum absolute atomic E-state index is 0.367. The Hall–Kier alpha value is -0.570. The van der Waals surface area contributed by atoms with E-state index in [0.717, 1.165) is 19.0 Å². The zero-order chi connectivity index (χ0) is 11.4. The fraction of sp³-hybridized carbons (Fsp3) is 0.923. The number of nitrogens with zero attached hydrogens (tertiary/aromatic N) is 1. The van der Waals surface area contributed by atoms with E-state index in [1.54, 1.807) is 0 Å². The Morgan fingerprint density at radius 2 is 2.00 bits per heavy atom. The molecule has 0 radical (unpaired) electrons. The van der Waals surface area contributed by atoms with Crippen molar-refractivity contribution in [2.45, 2.75) is 51.0 Å². The summed E-state index contributed by atoms with van der Waals surface area (Å²) in [5.41, 5.74) is 0. The predicted octanol–water partition coefficient (Wildman–Crippen LogP) is 1.78. The van der Waals surface area contributed by atoms with Crippen LogP contribution >= 0.6 is 0 Å². The van der Waals surface area contributed by atoms with E-state index in [2.05, 4.69) is 10.2 Å². The molecule has 0 aromatic carbocycles. The van der Waals surface area contributed by atoms with Gasteiger partial charge in [-0.25, -0.2) is 0 Å². The van der Waals surface area contributed by atoms with Crippen LogP contribution in [0.25, 0.3) is 0 Å². The maximum atomic E-state index is 12.1. The van der Waals surface area contributed by atoms with Gasteiger partial charge in [0.25, 0.3) is 0 Å². The van der Waals surface area contributed by atoms with Gasteiger partial charge in [-0.2, -0.15) is 0 Å². The number of fused-ring (bicyclic) bond motifs is 1. The third-order valence-electron chi connectivity index (χ3n) is 4.15. The maximum absolute atomic E-state index is 12.1. The number of rotatable bonds is 3. The molecule has 1 saturated heterocycles. The molecular weight excluding hydrogens is 200 g/mol. The van der Waals surface area contributed by atoms with Crippen LogP contribution < -0.4 is 5.32 Å². The maximum Gasteiger partial charge on any atom is 0.224 e. The number of likely N-dealkylation sites (tertiary alicyclic amines) is 1. The molecule has 2 atom stereocenters. The first kappa shape index (κ1) is 11.9. The van der Waals surface area contributed by atoms with Crippen LogP contribution in [0.1, 0.15) is 44.9 Å². The lowest BCUT2D eigenvalue weighted by Crippen LogP contribution is -2.50. The summed E-state index contributed by atoms with van der Waals surface area (Å²) in [5, 5.41) is 3.06. The van der Waals surface area contributed by atoms with Crippen LogP contribution in [0.15, 0.2) is 0 Å². The van der Waals surface area contributed by atoms with Gasteiger partial charge in [-0.05, 0) is 38.6 Å². The van der Waals surface area contributed by atoms with Crippen molar-refractivity contribution in [2.24, 2.45) is 5.92 Å². The largest absolute Gasteiger partial charge is 0.339 e. The fourth-order valence-corrected chi connectivity index (χ4v) is 3.31. The van der Waals surface area contributed by atoms with Gasteiger partial charge in [0.1, 0.15) is 0 Å². The molecule has 1 aliphatic carbocycles. The molecule has 2 fully saturated rings. The van der Waals surface area contributed by atoms with E-state index in [1.807, 2.05) is 7.05 Å². The molecule has 1 amide bonds. The second kappa shape index (κ2) is 5.67. The summed E-state index contributed by atoms with van der Waals surface area (Å²) in [6.07, 6.45) is 8.51. The fourth-order valence-electron chi connectivity index (χ4n) is 3.31. The molecule has 0 aromatic rings. The van der Waals surface area contributed by atoms with Gasteiger partial charge < -0.3 is 10.2 Å². The SMILES string of the molecule is CNCCC(=O)N1CCC[C@H]2CCCC[C@H]21. The molecule has 1 heterocycles. The summed E-state index contributed by atoms with van der Waals surface area (Å²) in [7, 11) is 1.91. The van der Waals surface area contributed by atoms with Crippen molar-refractivity contribution in [1.29, 1.82) is 0 Å². The Bertz CT molecular complexity index is 240. The van der Waals surface area contributed by atoms with Crippen LogP contribution in [0, 0.1) is 5.92 Å². The van der Waals surface area contributed by atoms with Crippen molar-refractivity contribution in [3.63, 3.8) is 0 Å². The summed E-state index contributed by atoms with van der Waals surface area (Å²) >= 11 is 0. The zero-order valence-electron chi connectivity index (χ0n) is 10.4. The van der Waals surface area contributed by atoms with Gasteiger partial charge in [0.15, 0.2) is 0 Å². The van der Waals surface area contributed by atoms with Crippen molar-refractivity contribution in [3.8, 4) is 0 Å². The Morgan fingerprint density at radius 1 is 1.25 bits per heavy atom. The lowest BCUT2D eigenvalue weighted by atomic mass is 9.78. The molecule has 3 heteroatoms. The molecule has 1 N–H and O–H groups in total. The van der Waals surface area contributed by atoms with Gasteiger partial charge in [0.05, 0.1) is 0 Å². The minimum Gasteiger partial charge on any atom is -0.339 e. The first-order chi connectivity index (χ1) is 7.83. The van der Waals surface area contributed by atoms with Crippen LogP contribution in [0.3, 0.4) is 0 Å². The van der Waals surface area contributed by atoms with E-state index in [0.29, 0.717) is 18.4 Å². The monoisotopic (exact) mass is 224 g/mol. The molecule has 1 saturated carbocycles. The van der Waals surface area contributed by atoms with E-state index >= 15 is 0 Å². The number of amides is 1. The first-order valence-electron chi connectivity index (χ1n) is 6.77. The summed E-state index contributed by atoms with van der Waals surface area (Å²) in [6, 6.07) is 0.576. The molecule has 0 spiro atoms. The summed E-state index contributed by atoms with van der Waals surface area (Å²) in [6.45, 7) is 1.82. The Morgan fingerprint density at radius 3 is 2.81 bits per heavy atom. The smallest absolute Gasteiger partial charge is 0.224 e. The zero-order valence-corrected chi connectivity index (χ0v) is 10.4. The first-order valence-corrected chi connectivity index (χ1v) is 6.77. The third-order valence-corrected chi connectivity index (χ3v) is 4.15. The van der Waals surface area contributed by atoms with Crippen LogP contribution in [0.5, 0.6) is 0 Å². The van der Waals surface area contributed by atoms with Crippen molar-refractivity contribution < 1.29 is 4.79 Å². The van der Waals surface area contributed by atoms with E-state index in [4.69, 9.17) is 0 Å². The number of carbonyl (C=O) groups excluding carboxylic acids is 1. The van der Waals surface area contributed by atoms with Gasteiger partial charge in [-0.3, -0.25) is 4.79 Å². The highest BCUT2D eigenvalue weighted by Crippen LogP contribution is 2.35. The second-order valence-electron chi connectivity index (χ2n) is 5.19. The van der Waals surface area contributed by atoms with Gasteiger partial charge in [-0.1, -0.05) is 12.8 Å². The molecular formula is C13H24N2O. The highest BCUT2D eigenvalue weighted by Gasteiger charge is 2.35. The lowest BCUT2D eigenvalue weighted by molar-refractivity contribution is -0.137. The van der Waals surface area contributed by atoms with Gasteiger partial charge in [0, 0.05) is 25.6 Å². The van der Waals surface area contributed by atoms with Crippen molar-refractivity contribution in [1.82, 2.24) is 10.2 Å². The van der Waals surface area contributed by atoms with Gasteiger partial charge in [0.2, 0.25) is 5.91 Å². The highest BCUT2D eigenvalue weighted by molar-refractivity contribution is 5.76. The predicted molar refractivity (Wildman–Crippen MR) is 65.2 cm³/mol. The summed E-state index contributed by atoms with van der Waals surface area (Å²) in [4.78, 5) is 14.3. The molecule has 92 valence electrons.